The zero-order chi connectivity index (χ0) is 62.9. The fourth-order valence-electron chi connectivity index (χ4n) is 17.5. The number of rotatable bonds is 14. The number of carboxylic acids is 1. The van der Waals surface area contributed by atoms with Crippen LogP contribution in [0.5, 0.6) is 0 Å². The molecule has 9 fully saturated rings. The first-order chi connectivity index (χ1) is 40.2. The number of fused-ring (bicyclic) bond motifs is 7. The van der Waals surface area contributed by atoms with Crippen molar-refractivity contribution in [2.45, 2.75) is 253 Å². The fourth-order valence-corrected chi connectivity index (χ4v) is 17.5. The Labute approximate surface area is 497 Å². The van der Waals surface area contributed by atoms with E-state index in [1.807, 2.05) is 6.92 Å². The van der Waals surface area contributed by atoms with Gasteiger partial charge in [-0.2, -0.15) is 0 Å². The van der Waals surface area contributed by atoms with E-state index in [2.05, 4.69) is 33.8 Å². The minimum absolute atomic E-state index is 0.0767. The summed E-state index contributed by atoms with van der Waals surface area (Å²) < 4.78 is 59.9. The molecule has 28 heteroatoms. The van der Waals surface area contributed by atoms with Gasteiger partial charge in [0, 0.05) is 0 Å². The molecule has 0 bridgehead atoms. The Balaban J connectivity index is 0.950. The quantitative estimate of drug-likeness (QED) is 0.0449. The maximum Gasteiger partial charge on any atom is 0.315 e. The zero-order valence-electron chi connectivity index (χ0n) is 49.5. The van der Waals surface area contributed by atoms with Gasteiger partial charge in [0.1, 0.15) is 97.2 Å². The molecule has 32 atom stereocenters. The maximum atomic E-state index is 15.8. The Kier molecular flexibility index (Phi) is 18.6. The normalized spacial score (nSPS) is 54.6. The Morgan fingerprint density at radius 3 is 1.86 bits per heavy atom. The number of carbonyl (C=O) groups excluding carboxylic acids is 1. The number of carbonyl (C=O) groups is 2. The summed E-state index contributed by atoms with van der Waals surface area (Å²) in [6, 6.07) is 0. The second-order valence-corrected chi connectivity index (χ2v) is 28.2. The van der Waals surface area contributed by atoms with Crippen LogP contribution in [0.3, 0.4) is 0 Å². The summed E-state index contributed by atoms with van der Waals surface area (Å²) >= 11 is 0. The monoisotopic (exact) mass is 1240 g/mol. The lowest BCUT2D eigenvalue weighted by Gasteiger charge is -2.71. The first-order valence-electron chi connectivity index (χ1n) is 30.2. The van der Waals surface area contributed by atoms with Gasteiger partial charge in [-0.3, -0.25) is 9.59 Å². The SMILES string of the molecule is C[C@@H]1O[C@@H](O[C@H]2[C@H](OC(=O)[C@]34CCC(C)(C)C[C@H]3C3=CC[C@@H]5[C@@]6(C)C[C@H](O)[C@H](O[C@@H]7O[C@H](CO)[C@@H](O)[C@H](O)[C@H]7O)[C@@](C)(C(=O)O)[C@@H]6CC[C@@]5(C)[C@]3(C)CC4)O[C@H](CO)[C@@H](O)[C@@H]2O[C@@H]2OC[C@](O)(CO)[C@H]2O)[C@H](O)[C@H](O)[C@H]1O[C@@H]1OC[C@@H](O)[C@H](O)[C@H]1O. The number of hydrogen-bond donors (Lipinski definition) is 16. The van der Waals surface area contributed by atoms with Crippen molar-refractivity contribution in [1.29, 1.82) is 0 Å². The largest absolute Gasteiger partial charge is 0.481 e. The van der Waals surface area contributed by atoms with Crippen LogP contribution in [-0.4, -0.2) is 274 Å². The van der Waals surface area contributed by atoms with E-state index in [1.165, 1.54) is 13.8 Å². The highest BCUT2D eigenvalue weighted by molar-refractivity contribution is 5.79. The third-order valence-electron chi connectivity index (χ3n) is 22.9. The molecule has 492 valence electrons. The zero-order valence-corrected chi connectivity index (χ0v) is 49.5. The van der Waals surface area contributed by atoms with Gasteiger partial charge in [0.25, 0.3) is 0 Å². The molecule has 0 aromatic carbocycles. The van der Waals surface area contributed by atoms with E-state index in [0.29, 0.717) is 44.9 Å². The molecule has 0 aromatic rings. The van der Waals surface area contributed by atoms with E-state index in [-0.39, 0.29) is 24.2 Å². The van der Waals surface area contributed by atoms with Crippen LogP contribution in [0.1, 0.15) is 106 Å². The molecule has 0 radical (unpaired) electrons. The van der Waals surface area contributed by atoms with E-state index in [4.69, 9.17) is 47.4 Å². The van der Waals surface area contributed by atoms with Crippen LogP contribution in [-0.2, 0) is 57.0 Å². The number of aliphatic hydroxyl groups is 15. The topological polar surface area (TPSA) is 450 Å². The number of aliphatic hydroxyl groups excluding tert-OH is 14. The summed E-state index contributed by atoms with van der Waals surface area (Å²) in [4.78, 5) is 29.6. The molecule has 5 heterocycles. The summed E-state index contributed by atoms with van der Waals surface area (Å²) in [5.74, 6) is -3.33. The highest BCUT2D eigenvalue weighted by Gasteiger charge is 2.73. The molecular weight excluding hydrogens is 1140 g/mol. The Bertz CT molecular complexity index is 2470. The summed E-state index contributed by atoms with van der Waals surface area (Å²) in [6.45, 7) is 9.88. The number of aliphatic carboxylic acids is 1. The summed E-state index contributed by atoms with van der Waals surface area (Å²) in [5, 5.41) is 174. The van der Waals surface area contributed by atoms with E-state index in [0.717, 1.165) is 5.57 Å². The Morgan fingerprint density at radius 2 is 1.21 bits per heavy atom. The molecule has 0 aromatic heterocycles. The van der Waals surface area contributed by atoms with Gasteiger partial charge in [-0.25, -0.2) is 0 Å². The van der Waals surface area contributed by atoms with Gasteiger partial charge in [0.2, 0.25) is 6.29 Å². The number of allylic oxidation sites excluding steroid dienone is 2. The van der Waals surface area contributed by atoms with E-state index < -0.39 is 231 Å². The summed E-state index contributed by atoms with van der Waals surface area (Å²) in [6.07, 6.45) is -33.4. The van der Waals surface area contributed by atoms with Crippen LogP contribution >= 0.6 is 0 Å². The van der Waals surface area contributed by atoms with Crippen LogP contribution in [0, 0.1) is 50.2 Å². The minimum Gasteiger partial charge on any atom is -0.481 e. The lowest BCUT2D eigenvalue weighted by Crippen LogP contribution is -2.70. The summed E-state index contributed by atoms with van der Waals surface area (Å²) in [7, 11) is 0. The van der Waals surface area contributed by atoms with Crippen LogP contribution in [0.15, 0.2) is 11.6 Å². The van der Waals surface area contributed by atoms with Gasteiger partial charge in [-0.15, -0.1) is 0 Å². The fraction of sp³-hybridized carbons (Fsp3) is 0.931. The highest BCUT2D eigenvalue weighted by atomic mass is 16.8. The third kappa shape index (κ3) is 10.6. The van der Waals surface area contributed by atoms with Gasteiger partial charge < -0.3 is 129 Å². The first kappa shape index (κ1) is 66.6. The number of ether oxygens (including phenoxy) is 10. The molecule has 86 heavy (non-hydrogen) atoms. The van der Waals surface area contributed by atoms with Crippen molar-refractivity contribution in [3.05, 3.63) is 11.6 Å². The maximum absolute atomic E-state index is 15.8. The van der Waals surface area contributed by atoms with Crippen molar-refractivity contribution in [2.75, 3.05) is 33.0 Å². The number of carboxylic acid groups (broad SMARTS) is 1. The molecule has 5 aliphatic carbocycles. The molecule has 5 aliphatic heterocycles. The van der Waals surface area contributed by atoms with E-state index >= 15 is 4.79 Å². The first-order valence-corrected chi connectivity index (χ1v) is 30.2. The van der Waals surface area contributed by atoms with Crippen molar-refractivity contribution >= 4 is 11.9 Å². The van der Waals surface area contributed by atoms with E-state index in [9.17, 15) is 86.5 Å². The van der Waals surface area contributed by atoms with Gasteiger partial charge in [0.15, 0.2) is 31.3 Å². The van der Waals surface area contributed by atoms with Crippen LogP contribution in [0.25, 0.3) is 0 Å². The average molecular weight is 1240 g/mol. The van der Waals surface area contributed by atoms with Gasteiger partial charge in [0.05, 0.1) is 56.1 Å². The smallest absolute Gasteiger partial charge is 0.315 e. The third-order valence-corrected chi connectivity index (χ3v) is 22.9. The average Bonchev–Trinajstić information content (AvgIpc) is 0.737. The predicted octanol–water partition coefficient (Wildman–Crippen LogP) is -3.87. The Morgan fingerprint density at radius 1 is 0.605 bits per heavy atom. The van der Waals surface area contributed by atoms with Gasteiger partial charge in [-0.1, -0.05) is 46.3 Å². The van der Waals surface area contributed by atoms with Gasteiger partial charge >= 0.3 is 11.9 Å². The molecule has 28 nitrogen and oxygen atoms in total. The molecule has 0 amide bonds. The van der Waals surface area contributed by atoms with Crippen molar-refractivity contribution in [1.82, 2.24) is 0 Å². The predicted molar refractivity (Wildman–Crippen MR) is 285 cm³/mol. The molecule has 0 unspecified atom stereocenters. The Hall–Kier alpha value is -2.28. The summed E-state index contributed by atoms with van der Waals surface area (Å²) in [5.41, 5.74) is -6.63. The molecule has 5 saturated heterocycles. The molecule has 10 aliphatic rings. The molecular formula is C58H92O28. The lowest BCUT2D eigenvalue weighted by atomic mass is 9.33. The van der Waals surface area contributed by atoms with Crippen molar-refractivity contribution in [2.24, 2.45) is 50.2 Å². The second kappa shape index (κ2) is 24.0. The van der Waals surface area contributed by atoms with E-state index in [1.54, 1.807) is 0 Å². The van der Waals surface area contributed by atoms with Gasteiger partial charge in [-0.05, 0) is 111 Å². The molecule has 0 spiro atoms. The molecule has 16 N–H and O–H groups in total. The number of hydrogen-bond acceptors (Lipinski definition) is 27. The van der Waals surface area contributed by atoms with Crippen molar-refractivity contribution < 1.29 is 139 Å². The van der Waals surface area contributed by atoms with Crippen LogP contribution in [0.4, 0.5) is 0 Å². The molecule has 10 rings (SSSR count). The van der Waals surface area contributed by atoms with Crippen molar-refractivity contribution in [3.8, 4) is 0 Å². The van der Waals surface area contributed by atoms with Crippen LogP contribution in [0.2, 0.25) is 0 Å². The lowest BCUT2D eigenvalue weighted by molar-refractivity contribution is -0.384. The van der Waals surface area contributed by atoms with Crippen LogP contribution < -0.4 is 0 Å². The van der Waals surface area contributed by atoms with Crippen molar-refractivity contribution in [3.63, 3.8) is 0 Å². The highest BCUT2D eigenvalue weighted by Crippen LogP contribution is 2.76. The minimum atomic E-state index is -2.23. The second-order valence-electron chi connectivity index (χ2n) is 28.2. The standard InChI is InChI=1S/C58H92O28/c1-23-40(82-45-37(69)32(64)27(63)20-77-45)36(68)39(71)46(79-23)84-42-41(83-49-43(72)58(76,21-61)22-78-49)34(66)29(19-60)81-48(42)86-51(75)57-14-12-52(2,3)16-25(57)24-8-9-30-53(4)17-26(62)44(85-47-38(70)35(67)33(65)28(18-59)80-47)56(7,50(73)74)31(53)10-11-55(30,6)54(24,5)13-15-57/h8,23,25-49,59-72,76H,9-22H2,1-7H3,(H,73,74)/t23-,25-,26-,27+,28+,29+,30+,31+,32-,33+,34+,35-,36-,37+,38+,39+,40-,41-,42+,43-,44-,45-,46-,47-,48-,49-,53+,54+,55+,56-,57-,58+/m0/s1. The molecule has 4 saturated carbocycles. The number of esters is 1.